The van der Waals surface area contributed by atoms with Crippen LogP contribution >= 0.6 is 0 Å². The molecule has 0 spiro atoms. The largest absolute Gasteiger partial charge is 0.397 e. The van der Waals surface area contributed by atoms with Crippen LogP contribution in [0, 0.1) is 6.92 Å². The molecule has 84 valence electrons. The smallest absolute Gasteiger partial charge is 0.0663 e. The average molecular weight is 208 g/mol. The van der Waals surface area contributed by atoms with Gasteiger partial charge in [0.25, 0.3) is 0 Å². The summed E-state index contributed by atoms with van der Waals surface area (Å²) in [6.45, 7) is 4.86. The van der Waals surface area contributed by atoms with Crippen LogP contribution in [0.4, 0.5) is 11.4 Å². The molecule has 0 fully saturated rings. The number of nitrogens with one attached hydrogen (secondary N) is 1. The molecule has 0 aliphatic heterocycles. The quantitative estimate of drug-likeness (QED) is 0.730. The monoisotopic (exact) mass is 208 g/mol. The first-order chi connectivity index (χ1) is 7.17. The van der Waals surface area contributed by atoms with Gasteiger partial charge in [-0.05, 0) is 31.0 Å². The van der Waals surface area contributed by atoms with Crippen LogP contribution in [0.1, 0.15) is 18.9 Å². The van der Waals surface area contributed by atoms with E-state index in [0.717, 1.165) is 17.8 Å². The number of hydrogen-bond acceptors (Lipinski definition) is 3. The number of benzene rings is 1. The summed E-state index contributed by atoms with van der Waals surface area (Å²) in [5.74, 6) is 0. The van der Waals surface area contributed by atoms with Crippen LogP contribution in [0.3, 0.4) is 0 Å². The van der Waals surface area contributed by atoms with Gasteiger partial charge in [0.05, 0.1) is 18.0 Å². The standard InChI is InChI=1S/C12H20N2O/c1-4-10(8-15-3)14-12-6-5-9(2)7-11(12)13/h5-7,10,14H,4,8,13H2,1-3H3. The van der Waals surface area contributed by atoms with E-state index >= 15 is 0 Å². The molecule has 0 radical (unpaired) electrons. The van der Waals surface area contributed by atoms with E-state index in [-0.39, 0.29) is 0 Å². The molecular formula is C12H20N2O. The van der Waals surface area contributed by atoms with Crippen molar-refractivity contribution >= 4 is 11.4 Å². The molecule has 3 nitrogen and oxygen atoms in total. The number of ether oxygens (including phenoxy) is 1. The Kier molecular flexibility index (Phi) is 4.43. The third-order valence-corrected chi connectivity index (χ3v) is 2.43. The van der Waals surface area contributed by atoms with Gasteiger partial charge in [-0.1, -0.05) is 13.0 Å². The molecule has 0 amide bonds. The zero-order valence-electron chi connectivity index (χ0n) is 9.71. The van der Waals surface area contributed by atoms with Crippen LogP contribution in [0.25, 0.3) is 0 Å². The number of nitrogen functional groups attached to an aromatic ring is 1. The number of aryl methyl sites for hydroxylation is 1. The molecule has 0 aromatic heterocycles. The van der Waals surface area contributed by atoms with E-state index < -0.39 is 0 Å². The molecule has 0 saturated carbocycles. The second-order valence-electron chi connectivity index (χ2n) is 3.80. The van der Waals surface area contributed by atoms with Gasteiger partial charge in [0.1, 0.15) is 0 Å². The lowest BCUT2D eigenvalue weighted by Gasteiger charge is -2.18. The van der Waals surface area contributed by atoms with E-state index in [1.54, 1.807) is 7.11 Å². The van der Waals surface area contributed by atoms with Crippen molar-refractivity contribution in [3.8, 4) is 0 Å². The van der Waals surface area contributed by atoms with Gasteiger partial charge in [0.2, 0.25) is 0 Å². The minimum absolute atomic E-state index is 0.319. The molecule has 1 aromatic rings. The number of nitrogens with two attached hydrogens (primary N) is 1. The summed E-state index contributed by atoms with van der Waals surface area (Å²) in [5, 5.41) is 3.38. The van der Waals surface area contributed by atoms with Crippen molar-refractivity contribution in [2.24, 2.45) is 0 Å². The van der Waals surface area contributed by atoms with Gasteiger partial charge in [0, 0.05) is 13.2 Å². The second-order valence-corrected chi connectivity index (χ2v) is 3.80. The van der Waals surface area contributed by atoms with Gasteiger partial charge in [-0.2, -0.15) is 0 Å². The van der Waals surface area contributed by atoms with E-state index in [9.17, 15) is 0 Å². The molecule has 0 saturated heterocycles. The van der Waals surface area contributed by atoms with Crippen molar-refractivity contribution in [2.75, 3.05) is 24.8 Å². The van der Waals surface area contributed by atoms with Gasteiger partial charge in [0.15, 0.2) is 0 Å². The predicted octanol–water partition coefficient (Wildman–Crippen LogP) is 2.41. The molecule has 15 heavy (non-hydrogen) atoms. The van der Waals surface area contributed by atoms with Gasteiger partial charge in [-0.25, -0.2) is 0 Å². The first-order valence-electron chi connectivity index (χ1n) is 5.29. The fourth-order valence-electron chi connectivity index (χ4n) is 1.50. The lowest BCUT2D eigenvalue weighted by molar-refractivity contribution is 0.184. The third-order valence-electron chi connectivity index (χ3n) is 2.43. The first-order valence-corrected chi connectivity index (χ1v) is 5.29. The maximum absolute atomic E-state index is 5.92. The summed E-state index contributed by atoms with van der Waals surface area (Å²) in [6.07, 6.45) is 1.02. The Morgan fingerprint density at radius 1 is 1.47 bits per heavy atom. The molecule has 1 atom stereocenters. The highest BCUT2D eigenvalue weighted by Gasteiger charge is 2.07. The van der Waals surface area contributed by atoms with Crippen molar-refractivity contribution in [3.63, 3.8) is 0 Å². The van der Waals surface area contributed by atoms with Crippen molar-refractivity contribution in [2.45, 2.75) is 26.3 Å². The Bertz CT molecular complexity index is 312. The minimum Gasteiger partial charge on any atom is -0.397 e. The molecule has 1 rings (SSSR count). The highest BCUT2D eigenvalue weighted by molar-refractivity contribution is 5.67. The van der Waals surface area contributed by atoms with Crippen LogP contribution in [0.15, 0.2) is 18.2 Å². The summed E-state index contributed by atoms with van der Waals surface area (Å²) >= 11 is 0. The van der Waals surface area contributed by atoms with Crippen molar-refractivity contribution in [1.82, 2.24) is 0 Å². The highest BCUT2D eigenvalue weighted by atomic mass is 16.5. The van der Waals surface area contributed by atoms with Gasteiger partial charge < -0.3 is 15.8 Å². The van der Waals surface area contributed by atoms with E-state index in [1.165, 1.54) is 5.56 Å². The Balaban J connectivity index is 2.70. The number of methoxy groups -OCH3 is 1. The normalized spacial score (nSPS) is 12.5. The topological polar surface area (TPSA) is 47.3 Å². The lowest BCUT2D eigenvalue weighted by atomic mass is 10.1. The fraction of sp³-hybridized carbons (Fsp3) is 0.500. The van der Waals surface area contributed by atoms with Crippen LogP contribution in [-0.2, 0) is 4.74 Å². The Labute approximate surface area is 91.6 Å². The van der Waals surface area contributed by atoms with Crippen LogP contribution in [0.5, 0.6) is 0 Å². The van der Waals surface area contributed by atoms with Crippen molar-refractivity contribution in [3.05, 3.63) is 23.8 Å². The average Bonchev–Trinajstić information content (AvgIpc) is 2.21. The van der Waals surface area contributed by atoms with E-state index in [0.29, 0.717) is 12.6 Å². The first kappa shape index (κ1) is 11.9. The molecule has 0 bridgehead atoms. The van der Waals surface area contributed by atoms with Crippen molar-refractivity contribution < 1.29 is 4.74 Å². The molecule has 1 unspecified atom stereocenters. The van der Waals surface area contributed by atoms with E-state index in [4.69, 9.17) is 10.5 Å². The van der Waals surface area contributed by atoms with E-state index in [2.05, 4.69) is 18.3 Å². The second kappa shape index (κ2) is 5.61. The Morgan fingerprint density at radius 3 is 2.73 bits per heavy atom. The predicted molar refractivity (Wildman–Crippen MR) is 65.2 cm³/mol. The SMILES string of the molecule is CCC(COC)Nc1ccc(C)cc1N. The molecular weight excluding hydrogens is 188 g/mol. The highest BCUT2D eigenvalue weighted by Crippen LogP contribution is 2.20. The summed E-state index contributed by atoms with van der Waals surface area (Å²) in [5.41, 5.74) is 8.88. The van der Waals surface area contributed by atoms with Gasteiger partial charge in [-0.15, -0.1) is 0 Å². The number of anilines is 2. The van der Waals surface area contributed by atoms with Gasteiger partial charge in [-0.3, -0.25) is 0 Å². The zero-order chi connectivity index (χ0) is 11.3. The maximum Gasteiger partial charge on any atom is 0.0663 e. The van der Waals surface area contributed by atoms with Crippen LogP contribution in [-0.4, -0.2) is 19.8 Å². The Hall–Kier alpha value is -1.22. The lowest BCUT2D eigenvalue weighted by Crippen LogP contribution is -2.24. The van der Waals surface area contributed by atoms with Gasteiger partial charge >= 0.3 is 0 Å². The van der Waals surface area contributed by atoms with Crippen molar-refractivity contribution in [1.29, 1.82) is 0 Å². The molecule has 0 heterocycles. The minimum atomic E-state index is 0.319. The maximum atomic E-state index is 5.92. The van der Waals surface area contributed by atoms with E-state index in [1.807, 2.05) is 19.1 Å². The molecule has 0 aliphatic rings. The van der Waals surface area contributed by atoms with Crippen LogP contribution in [0.2, 0.25) is 0 Å². The zero-order valence-corrected chi connectivity index (χ0v) is 9.71. The molecule has 3 heteroatoms. The van der Waals surface area contributed by atoms with Crippen LogP contribution < -0.4 is 11.1 Å². The summed E-state index contributed by atoms with van der Waals surface area (Å²) in [6, 6.07) is 6.36. The third kappa shape index (κ3) is 3.44. The summed E-state index contributed by atoms with van der Waals surface area (Å²) < 4.78 is 5.13. The summed E-state index contributed by atoms with van der Waals surface area (Å²) in [7, 11) is 1.71. The summed E-state index contributed by atoms with van der Waals surface area (Å²) in [4.78, 5) is 0. The molecule has 3 N–H and O–H groups in total. The molecule has 1 aromatic carbocycles. The molecule has 0 aliphatic carbocycles. The number of hydrogen-bond donors (Lipinski definition) is 2. The Morgan fingerprint density at radius 2 is 2.20 bits per heavy atom. The fourth-order valence-corrected chi connectivity index (χ4v) is 1.50. The number of rotatable bonds is 5.